The number of amides is 2. The molecule has 0 aliphatic carbocycles. The number of nitrogens with zero attached hydrogens (tertiary/aromatic N) is 1. The van der Waals surface area contributed by atoms with Gasteiger partial charge in [0, 0.05) is 30.4 Å². The van der Waals surface area contributed by atoms with Gasteiger partial charge in [-0.15, -0.1) is 0 Å². The summed E-state index contributed by atoms with van der Waals surface area (Å²) in [6.45, 7) is 2.85. The van der Waals surface area contributed by atoms with Gasteiger partial charge in [0.2, 0.25) is 0 Å². The molecular formula is C22H28N2O3. The van der Waals surface area contributed by atoms with Gasteiger partial charge in [-0.2, -0.15) is 0 Å². The second kappa shape index (κ2) is 8.80. The van der Waals surface area contributed by atoms with Gasteiger partial charge in [0.1, 0.15) is 11.5 Å². The van der Waals surface area contributed by atoms with Gasteiger partial charge in [0.15, 0.2) is 0 Å². The molecule has 144 valence electrons. The average molecular weight is 368 g/mol. The number of methoxy groups -OCH3 is 2. The Morgan fingerprint density at radius 1 is 1.04 bits per heavy atom. The third-order valence-electron chi connectivity index (χ3n) is 5.04. The number of ether oxygens (including phenoxy) is 2. The highest BCUT2D eigenvalue weighted by molar-refractivity contribution is 5.90. The van der Waals surface area contributed by atoms with Crippen molar-refractivity contribution < 1.29 is 14.3 Å². The van der Waals surface area contributed by atoms with Crippen LogP contribution in [-0.2, 0) is 0 Å². The van der Waals surface area contributed by atoms with E-state index < -0.39 is 0 Å². The number of rotatable bonds is 4. The minimum absolute atomic E-state index is 0.0845. The predicted octanol–water partition coefficient (Wildman–Crippen LogP) is 5.16. The maximum atomic E-state index is 13.1. The van der Waals surface area contributed by atoms with Gasteiger partial charge in [0.25, 0.3) is 0 Å². The molecule has 5 heteroatoms. The Bertz CT molecular complexity index is 769. The van der Waals surface area contributed by atoms with Crippen molar-refractivity contribution in [2.45, 2.75) is 38.6 Å². The van der Waals surface area contributed by atoms with Gasteiger partial charge in [-0.3, -0.25) is 0 Å². The van der Waals surface area contributed by atoms with Crippen LogP contribution in [0.5, 0.6) is 11.5 Å². The second-order valence-corrected chi connectivity index (χ2v) is 7.00. The second-order valence-electron chi connectivity index (χ2n) is 7.00. The van der Waals surface area contributed by atoms with E-state index in [9.17, 15) is 4.79 Å². The van der Waals surface area contributed by atoms with Crippen LogP contribution in [0.15, 0.2) is 42.5 Å². The minimum atomic E-state index is -0.0845. The predicted molar refractivity (Wildman–Crippen MR) is 108 cm³/mol. The van der Waals surface area contributed by atoms with Gasteiger partial charge in [-0.25, -0.2) is 4.79 Å². The van der Waals surface area contributed by atoms with E-state index in [0.717, 1.165) is 32.2 Å². The molecule has 2 aromatic rings. The van der Waals surface area contributed by atoms with Crippen molar-refractivity contribution in [3.05, 3.63) is 53.6 Å². The smallest absolute Gasteiger partial charge is 0.322 e. The molecule has 1 fully saturated rings. The normalized spacial score (nSPS) is 17.1. The van der Waals surface area contributed by atoms with E-state index in [1.807, 2.05) is 4.90 Å². The molecule has 27 heavy (non-hydrogen) atoms. The summed E-state index contributed by atoms with van der Waals surface area (Å²) in [6, 6.07) is 13.9. The first-order valence-electron chi connectivity index (χ1n) is 9.48. The maximum absolute atomic E-state index is 13.1. The largest absolute Gasteiger partial charge is 0.497 e. The van der Waals surface area contributed by atoms with Crippen LogP contribution in [0.2, 0.25) is 0 Å². The van der Waals surface area contributed by atoms with Crippen LogP contribution in [0.25, 0.3) is 0 Å². The lowest BCUT2D eigenvalue weighted by atomic mass is 9.99. The zero-order valence-electron chi connectivity index (χ0n) is 16.3. The SMILES string of the molecule is COc1cc(NC(=O)N2CCCCC[C@H]2c2cccc(C)c2)cc(OC)c1. The fraction of sp³-hybridized carbons (Fsp3) is 0.409. The molecule has 0 bridgehead atoms. The molecule has 1 aliphatic heterocycles. The third-order valence-corrected chi connectivity index (χ3v) is 5.04. The number of carbonyl (C=O) groups excluding carboxylic acids is 1. The summed E-state index contributed by atoms with van der Waals surface area (Å²) >= 11 is 0. The molecule has 1 saturated heterocycles. The van der Waals surface area contributed by atoms with Gasteiger partial charge in [-0.1, -0.05) is 42.7 Å². The molecule has 0 aromatic heterocycles. The molecule has 0 saturated carbocycles. The van der Waals surface area contributed by atoms with E-state index in [1.54, 1.807) is 32.4 Å². The quantitative estimate of drug-likeness (QED) is 0.811. The summed E-state index contributed by atoms with van der Waals surface area (Å²) in [4.78, 5) is 15.1. The number of likely N-dealkylation sites (tertiary alicyclic amines) is 1. The summed E-state index contributed by atoms with van der Waals surface area (Å²) in [5.74, 6) is 1.30. The van der Waals surface area contributed by atoms with E-state index in [2.05, 4.69) is 36.5 Å². The summed E-state index contributed by atoms with van der Waals surface area (Å²) in [6.07, 6.45) is 4.30. The zero-order chi connectivity index (χ0) is 19.2. The molecular weight excluding hydrogens is 340 g/mol. The molecule has 1 heterocycles. The van der Waals surface area contributed by atoms with Crippen molar-refractivity contribution in [2.75, 3.05) is 26.1 Å². The number of urea groups is 1. The highest BCUT2D eigenvalue weighted by atomic mass is 16.5. The number of carbonyl (C=O) groups is 1. The van der Waals surface area contributed by atoms with E-state index >= 15 is 0 Å². The monoisotopic (exact) mass is 368 g/mol. The van der Waals surface area contributed by atoms with E-state index in [1.165, 1.54) is 11.1 Å². The van der Waals surface area contributed by atoms with Crippen molar-refractivity contribution in [3.8, 4) is 11.5 Å². The first-order valence-corrected chi connectivity index (χ1v) is 9.48. The number of anilines is 1. The molecule has 5 nitrogen and oxygen atoms in total. The van der Waals surface area contributed by atoms with Gasteiger partial charge in [-0.05, 0) is 25.3 Å². The van der Waals surface area contributed by atoms with Gasteiger partial charge < -0.3 is 19.7 Å². The third kappa shape index (κ3) is 4.73. The average Bonchev–Trinajstić information content (AvgIpc) is 2.93. The first-order chi connectivity index (χ1) is 13.1. The van der Waals surface area contributed by atoms with Crippen molar-refractivity contribution in [3.63, 3.8) is 0 Å². The molecule has 0 radical (unpaired) electrons. The highest BCUT2D eigenvalue weighted by Gasteiger charge is 2.27. The van der Waals surface area contributed by atoms with Crippen LogP contribution >= 0.6 is 0 Å². The zero-order valence-corrected chi connectivity index (χ0v) is 16.3. The number of aryl methyl sites for hydroxylation is 1. The molecule has 1 N–H and O–H groups in total. The fourth-order valence-corrected chi connectivity index (χ4v) is 3.65. The summed E-state index contributed by atoms with van der Waals surface area (Å²) < 4.78 is 10.6. The van der Waals surface area contributed by atoms with E-state index in [0.29, 0.717) is 17.2 Å². The molecule has 1 atom stereocenters. The first kappa shape index (κ1) is 19.1. The Balaban J connectivity index is 1.84. The van der Waals surface area contributed by atoms with Crippen molar-refractivity contribution in [1.82, 2.24) is 4.90 Å². The number of benzene rings is 2. The molecule has 0 unspecified atom stereocenters. The van der Waals surface area contributed by atoms with Crippen LogP contribution < -0.4 is 14.8 Å². The number of nitrogens with one attached hydrogen (secondary N) is 1. The van der Waals surface area contributed by atoms with Crippen LogP contribution in [-0.4, -0.2) is 31.7 Å². The Labute approximate surface area is 161 Å². The van der Waals surface area contributed by atoms with E-state index in [4.69, 9.17) is 9.47 Å². The maximum Gasteiger partial charge on any atom is 0.322 e. The lowest BCUT2D eigenvalue weighted by Crippen LogP contribution is -2.38. The number of hydrogen-bond acceptors (Lipinski definition) is 3. The topological polar surface area (TPSA) is 50.8 Å². The summed E-state index contributed by atoms with van der Waals surface area (Å²) in [5.41, 5.74) is 3.09. The van der Waals surface area contributed by atoms with E-state index in [-0.39, 0.29) is 12.1 Å². The summed E-state index contributed by atoms with van der Waals surface area (Å²) in [7, 11) is 3.20. The van der Waals surface area contributed by atoms with Crippen LogP contribution in [0.1, 0.15) is 42.9 Å². The fourth-order valence-electron chi connectivity index (χ4n) is 3.65. The summed E-state index contributed by atoms with van der Waals surface area (Å²) in [5, 5.41) is 3.03. The van der Waals surface area contributed by atoms with Crippen LogP contribution in [0.3, 0.4) is 0 Å². The van der Waals surface area contributed by atoms with Crippen LogP contribution in [0, 0.1) is 6.92 Å². The number of hydrogen-bond donors (Lipinski definition) is 1. The van der Waals surface area contributed by atoms with Gasteiger partial charge in [0.05, 0.1) is 20.3 Å². The molecule has 2 amide bonds. The van der Waals surface area contributed by atoms with Crippen molar-refractivity contribution >= 4 is 11.7 Å². The van der Waals surface area contributed by atoms with Crippen LogP contribution in [0.4, 0.5) is 10.5 Å². The van der Waals surface area contributed by atoms with Crippen molar-refractivity contribution in [1.29, 1.82) is 0 Å². The molecule has 3 rings (SSSR count). The molecule has 2 aromatic carbocycles. The standard InChI is InChI=1S/C22H28N2O3/c1-16-8-7-9-17(12-16)21-10-5-4-6-11-24(21)22(25)23-18-13-19(26-2)15-20(14-18)27-3/h7-9,12-15,21H,4-6,10-11H2,1-3H3,(H,23,25)/t21-/m0/s1. The highest BCUT2D eigenvalue weighted by Crippen LogP contribution is 2.32. The Morgan fingerprint density at radius 2 is 1.78 bits per heavy atom. The molecule has 0 spiro atoms. The van der Waals surface area contributed by atoms with Crippen molar-refractivity contribution in [2.24, 2.45) is 0 Å². The Hall–Kier alpha value is -2.69. The lowest BCUT2D eigenvalue weighted by Gasteiger charge is -2.31. The Kier molecular flexibility index (Phi) is 6.22. The minimum Gasteiger partial charge on any atom is -0.497 e. The van der Waals surface area contributed by atoms with Gasteiger partial charge >= 0.3 is 6.03 Å². The lowest BCUT2D eigenvalue weighted by molar-refractivity contribution is 0.189. The Morgan fingerprint density at radius 3 is 2.44 bits per heavy atom. The molecule has 1 aliphatic rings.